The van der Waals surface area contributed by atoms with Gasteiger partial charge in [0, 0.05) is 17.8 Å². The van der Waals surface area contributed by atoms with Gasteiger partial charge < -0.3 is 19.4 Å². The van der Waals surface area contributed by atoms with Gasteiger partial charge in [0.25, 0.3) is 5.91 Å². The highest BCUT2D eigenvalue weighted by Gasteiger charge is 2.31. The molecule has 0 saturated carbocycles. The molecule has 0 aliphatic carbocycles. The summed E-state index contributed by atoms with van der Waals surface area (Å²) in [6.45, 7) is 0.859. The number of nitrogens with zero attached hydrogens (tertiary/aromatic N) is 1. The second kappa shape index (κ2) is 10.1. The van der Waals surface area contributed by atoms with Crippen molar-refractivity contribution in [3.8, 4) is 0 Å². The highest BCUT2D eigenvalue weighted by atomic mass is 19.4. The van der Waals surface area contributed by atoms with Gasteiger partial charge in [0.15, 0.2) is 6.61 Å². The van der Waals surface area contributed by atoms with Gasteiger partial charge in [-0.05, 0) is 25.5 Å². The Bertz CT molecular complexity index is 938. The van der Waals surface area contributed by atoms with Crippen molar-refractivity contribution in [2.75, 3.05) is 13.7 Å². The standard InChI is InChI=1S/C21H23F3N2O5/c1-13-9-16(14(2)26(13)12-21(22,23)24)19(28)31-11-18(27)25-17(20(29)30-3)10-15-7-5-4-6-8-15/h4-9,17H,10-12H2,1-3H3,(H,25,27). The fourth-order valence-corrected chi connectivity index (χ4v) is 3.06. The summed E-state index contributed by atoms with van der Waals surface area (Å²) in [4.78, 5) is 36.4. The van der Waals surface area contributed by atoms with Gasteiger partial charge in [-0.2, -0.15) is 13.2 Å². The summed E-state index contributed by atoms with van der Waals surface area (Å²) < 4.78 is 48.7. The van der Waals surface area contributed by atoms with Gasteiger partial charge in [-0.1, -0.05) is 30.3 Å². The summed E-state index contributed by atoms with van der Waals surface area (Å²) in [6.07, 6.45) is -4.27. The number of aromatic nitrogens is 1. The molecule has 168 valence electrons. The van der Waals surface area contributed by atoms with Crippen molar-refractivity contribution in [3.63, 3.8) is 0 Å². The van der Waals surface area contributed by atoms with Crippen LogP contribution in [0.1, 0.15) is 27.3 Å². The minimum atomic E-state index is -4.45. The van der Waals surface area contributed by atoms with Crippen LogP contribution in [0.4, 0.5) is 13.2 Å². The number of aryl methyl sites for hydroxylation is 1. The summed E-state index contributed by atoms with van der Waals surface area (Å²) in [5.41, 5.74) is 1.03. The molecule has 7 nitrogen and oxygen atoms in total. The van der Waals surface area contributed by atoms with E-state index in [1.165, 1.54) is 27.0 Å². The molecule has 1 atom stereocenters. The minimum absolute atomic E-state index is 0.0663. The maximum atomic E-state index is 12.7. The largest absolute Gasteiger partial charge is 0.467 e. The van der Waals surface area contributed by atoms with Crippen LogP contribution in [-0.2, 0) is 32.0 Å². The molecule has 0 radical (unpaired) electrons. The van der Waals surface area contributed by atoms with Crippen LogP contribution in [-0.4, -0.2) is 48.3 Å². The summed E-state index contributed by atoms with van der Waals surface area (Å²) in [7, 11) is 1.18. The smallest absolute Gasteiger partial charge is 0.406 e. The van der Waals surface area contributed by atoms with Crippen molar-refractivity contribution in [2.45, 2.75) is 39.0 Å². The predicted molar refractivity (Wildman–Crippen MR) is 104 cm³/mol. The lowest BCUT2D eigenvalue weighted by atomic mass is 10.1. The molecule has 1 aromatic carbocycles. The van der Waals surface area contributed by atoms with E-state index in [0.717, 1.165) is 10.1 Å². The van der Waals surface area contributed by atoms with Crippen molar-refractivity contribution < 1.29 is 37.0 Å². The molecule has 1 unspecified atom stereocenters. The number of amides is 1. The Morgan fingerprint density at radius 2 is 1.77 bits per heavy atom. The molecule has 0 saturated heterocycles. The molecule has 2 rings (SSSR count). The van der Waals surface area contributed by atoms with Crippen LogP contribution < -0.4 is 5.32 Å². The molecule has 1 aromatic heterocycles. The lowest BCUT2D eigenvalue weighted by Crippen LogP contribution is -2.44. The highest BCUT2D eigenvalue weighted by molar-refractivity contribution is 5.93. The monoisotopic (exact) mass is 440 g/mol. The van der Waals surface area contributed by atoms with E-state index in [4.69, 9.17) is 9.47 Å². The molecule has 0 fully saturated rings. The number of methoxy groups -OCH3 is 1. The third kappa shape index (κ3) is 6.87. The van der Waals surface area contributed by atoms with E-state index in [-0.39, 0.29) is 23.4 Å². The van der Waals surface area contributed by atoms with E-state index in [2.05, 4.69) is 5.32 Å². The van der Waals surface area contributed by atoms with Crippen LogP contribution in [0.5, 0.6) is 0 Å². The molecule has 1 amide bonds. The van der Waals surface area contributed by atoms with Gasteiger partial charge in [-0.3, -0.25) is 4.79 Å². The second-order valence-electron chi connectivity index (χ2n) is 6.90. The zero-order valence-electron chi connectivity index (χ0n) is 17.3. The average Bonchev–Trinajstić information content (AvgIpc) is 2.98. The number of ether oxygens (including phenoxy) is 2. The molecular weight excluding hydrogens is 417 g/mol. The molecule has 1 heterocycles. The summed E-state index contributed by atoms with van der Waals surface area (Å²) in [5.74, 6) is -2.35. The number of carbonyl (C=O) groups excluding carboxylic acids is 3. The molecule has 0 spiro atoms. The summed E-state index contributed by atoms with van der Waals surface area (Å²) in [5, 5.41) is 2.44. The first-order valence-electron chi connectivity index (χ1n) is 9.33. The number of esters is 2. The summed E-state index contributed by atoms with van der Waals surface area (Å²) in [6, 6.07) is 9.20. The normalized spacial score (nSPS) is 12.2. The Morgan fingerprint density at radius 3 is 2.35 bits per heavy atom. The third-order valence-electron chi connectivity index (χ3n) is 4.57. The fraction of sp³-hybridized carbons (Fsp3) is 0.381. The van der Waals surface area contributed by atoms with Crippen molar-refractivity contribution in [1.82, 2.24) is 9.88 Å². The van der Waals surface area contributed by atoms with Crippen LogP contribution in [0, 0.1) is 13.8 Å². The summed E-state index contributed by atoms with van der Waals surface area (Å²) >= 11 is 0. The fourth-order valence-electron chi connectivity index (χ4n) is 3.06. The Morgan fingerprint density at radius 1 is 1.13 bits per heavy atom. The Balaban J connectivity index is 2.00. The van der Waals surface area contributed by atoms with E-state index >= 15 is 0 Å². The van der Waals surface area contributed by atoms with Gasteiger partial charge in [-0.25, -0.2) is 9.59 Å². The lowest BCUT2D eigenvalue weighted by molar-refractivity contribution is -0.145. The minimum Gasteiger partial charge on any atom is -0.467 e. The van der Waals surface area contributed by atoms with Gasteiger partial charge in [-0.15, -0.1) is 0 Å². The predicted octanol–water partition coefficient (Wildman–Crippen LogP) is 2.72. The molecule has 31 heavy (non-hydrogen) atoms. The van der Waals surface area contributed by atoms with Crippen LogP contribution >= 0.6 is 0 Å². The van der Waals surface area contributed by atoms with E-state index in [1.807, 2.05) is 0 Å². The Hall–Kier alpha value is -3.30. The van der Waals surface area contributed by atoms with Crippen molar-refractivity contribution >= 4 is 17.8 Å². The molecule has 0 bridgehead atoms. The van der Waals surface area contributed by atoms with Crippen molar-refractivity contribution in [1.29, 1.82) is 0 Å². The van der Waals surface area contributed by atoms with Crippen LogP contribution in [0.2, 0.25) is 0 Å². The first-order chi connectivity index (χ1) is 14.5. The highest BCUT2D eigenvalue weighted by Crippen LogP contribution is 2.23. The van der Waals surface area contributed by atoms with Gasteiger partial charge in [0.1, 0.15) is 12.6 Å². The van der Waals surface area contributed by atoms with E-state index < -0.39 is 43.2 Å². The number of alkyl halides is 3. The number of carbonyl (C=O) groups is 3. The lowest BCUT2D eigenvalue weighted by Gasteiger charge is -2.16. The number of nitrogens with one attached hydrogen (secondary N) is 1. The van der Waals surface area contributed by atoms with Crippen LogP contribution in [0.25, 0.3) is 0 Å². The van der Waals surface area contributed by atoms with Crippen LogP contribution in [0.3, 0.4) is 0 Å². The first-order valence-corrected chi connectivity index (χ1v) is 9.33. The molecule has 0 aliphatic heterocycles. The molecule has 2 aromatic rings. The number of benzene rings is 1. The SMILES string of the molecule is COC(=O)C(Cc1ccccc1)NC(=O)COC(=O)c1cc(C)n(CC(F)(F)F)c1C. The van der Waals surface area contributed by atoms with E-state index in [0.29, 0.717) is 0 Å². The molecule has 10 heteroatoms. The Kier molecular flexibility index (Phi) is 7.84. The first kappa shape index (κ1) is 24.0. The quantitative estimate of drug-likeness (QED) is 0.638. The van der Waals surface area contributed by atoms with E-state index in [1.54, 1.807) is 30.3 Å². The third-order valence-corrected chi connectivity index (χ3v) is 4.57. The number of hydrogen-bond acceptors (Lipinski definition) is 5. The van der Waals surface area contributed by atoms with Gasteiger partial charge in [0.2, 0.25) is 0 Å². The van der Waals surface area contributed by atoms with Crippen molar-refractivity contribution in [2.24, 2.45) is 0 Å². The Labute approximate surface area is 177 Å². The van der Waals surface area contributed by atoms with E-state index in [9.17, 15) is 27.6 Å². The maximum absolute atomic E-state index is 12.7. The number of rotatable bonds is 8. The van der Waals surface area contributed by atoms with Gasteiger partial charge in [0.05, 0.1) is 12.7 Å². The van der Waals surface area contributed by atoms with Crippen molar-refractivity contribution in [3.05, 3.63) is 58.9 Å². The zero-order chi connectivity index (χ0) is 23.2. The average molecular weight is 440 g/mol. The second-order valence-corrected chi connectivity index (χ2v) is 6.90. The number of halogens is 3. The maximum Gasteiger partial charge on any atom is 0.406 e. The van der Waals surface area contributed by atoms with Gasteiger partial charge >= 0.3 is 18.1 Å². The molecular formula is C21H23F3N2O5. The zero-order valence-corrected chi connectivity index (χ0v) is 17.3. The topological polar surface area (TPSA) is 86.6 Å². The molecule has 1 N–H and O–H groups in total. The number of hydrogen-bond donors (Lipinski definition) is 1. The van der Waals surface area contributed by atoms with Crippen LogP contribution in [0.15, 0.2) is 36.4 Å². The molecule has 0 aliphatic rings.